The third-order valence-electron chi connectivity index (χ3n) is 4.47. The zero-order chi connectivity index (χ0) is 23.1. The predicted octanol–water partition coefficient (Wildman–Crippen LogP) is 3.10. The molecule has 1 N–H and O–H groups in total. The molecule has 0 atom stereocenters. The highest BCUT2D eigenvalue weighted by Gasteiger charge is 2.18. The number of nitrogens with one attached hydrogen (secondary N) is 1. The van der Waals surface area contributed by atoms with Gasteiger partial charge in [-0.05, 0) is 50.2 Å². The Labute approximate surface area is 188 Å². The standard InChI is InChI=1S/C22H21N3O6S/c1-13-18(14(2)31-25-13)12-32-21-17(5-4-10-23-21)22(28)30-11-19(26)24-20(27)15-6-8-16(29-3)9-7-15/h4-10H,11-12H2,1-3H3,(H,24,26,27). The molecular weight excluding hydrogens is 434 g/mol. The van der Waals surface area contributed by atoms with Crippen LogP contribution < -0.4 is 10.1 Å². The first-order chi connectivity index (χ1) is 15.4. The number of pyridine rings is 1. The van der Waals surface area contributed by atoms with Crippen molar-refractivity contribution in [1.82, 2.24) is 15.5 Å². The molecule has 32 heavy (non-hydrogen) atoms. The van der Waals surface area contributed by atoms with Crippen LogP contribution in [0.5, 0.6) is 5.75 Å². The fourth-order valence-corrected chi connectivity index (χ4v) is 3.83. The normalized spacial score (nSPS) is 10.5. The van der Waals surface area contributed by atoms with Crippen molar-refractivity contribution in [2.75, 3.05) is 13.7 Å². The largest absolute Gasteiger partial charge is 0.497 e. The van der Waals surface area contributed by atoms with Crippen LogP contribution in [0, 0.1) is 13.8 Å². The Morgan fingerprint density at radius 2 is 1.88 bits per heavy atom. The van der Waals surface area contributed by atoms with Gasteiger partial charge < -0.3 is 14.0 Å². The number of hydrogen-bond donors (Lipinski definition) is 1. The quantitative estimate of drug-likeness (QED) is 0.403. The van der Waals surface area contributed by atoms with E-state index in [4.69, 9.17) is 14.0 Å². The van der Waals surface area contributed by atoms with Crippen molar-refractivity contribution >= 4 is 29.5 Å². The summed E-state index contributed by atoms with van der Waals surface area (Å²) in [6.45, 7) is 3.05. The third kappa shape index (κ3) is 5.73. The fraction of sp³-hybridized carbons (Fsp3) is 0.227. The van der Waals surface area contributed by atoms with E-state index in [1.54, 1.807) is 30.5 Å². The Kier molecular flexibility index (Phi) is 7.61. The van der Waals surface area contributed by atoms with Gasteiger partial charge in [-0.15, -0.1) is 11.8 Å². The topological polar surface area (TPSA) is 121 Å². The highest BCUT2D eigenvalue weighted by Crippen LogP contribution is 2.27. The molecule has 0 saturated heterocycles. The smallest absolute Gasteiger partial charge is 0.341 e. The number of amides is 2. The zero-order valence-corrected chi connectivity index (χ0v) is 18.5. The molecule has 0 aliphatic heterocycles. The van der Waals surface area contributed by atoms with Crippen LogP contribution in [0.15, 0.2) is 52.1 Å². The van der Waals surface area contributed by atoms with Crippen LogP contribution in [0.3, 0.4) is 0 Å². The molecule has 0 spiro atoms. The van der Waals surface area contributed by atoms with Gasteiger partial charge in [0.1, 0.15) is 16.5 Å². The number of imide groups is 1. The van der Waals surface area contributed by atoms with E-state index in [1.165, 1.54) is 31.0 Å². The average molecular weight is 455 g/mol. The summed E-state index contributed by atoms with van der Waals surface area (Å²) in [7, 11) is 1.51. The molecule has 0 radical (unpaired) electrons. The molecule has 0 bridgehead atoms. The van der Waals surface area contributed by atoms with Crippen molar-refractivity contribution in [3.05, 3.63) is 70.7 Å². The highest BCUT2D eigenvalue weighted by molar-refractivity contribution is 7.98. The molecule has 166 valence electrons. The Bertz CT molecular complexity index is 1110. The van der Waals surface area contributed by atoms with Crippen molar-refractivity contribution in [2.45, 2.75) is 24.6 Å². The van der Waals surface area contributed by atoms with E-state index in [0.717, 1.165) is 11.3 Å². The Morgan fingerprint density at radius 3 is 2.53 bits per heavy atom. The maximum atomic E-state index is 12.5. The second-order valence-electron chi connectivity index (χ2n) is 6.63. The number of methoxy groups -OCH3 is 1. The van der Waals surface area contributed by atoms with E-state index in [9.17, 15) is 14.4 Å². The average Bonchev–Trinajstić information content (AvgIpc) is 3.13. The van der Waals surface area contributed by atoms with Crippen LogP contribution in [-0.2, 0) is 15.3 Å². The number of carbonyl (C=O) groups excluding carboxylic acids is 3. The molecule has 9 nitrogen and oxygen atoms in total. The fourth-order valence-electron chi connectivity index (χ4n) is 2.70. The Hall–Kier alpha value is -3.66. The molecule has 0 fully saturated rings. The van der Waals surface area contributed by atoms with Gasteiger partial charge in [0.2, 0.25) is 0 Å². The van der Waals surface area contributed by atoms with Gasteiger partial charge in [0.25, 0.3) is 11.8 Å². The summed E-state index contributed by atoms with van der Waals surface area (Å²) >= 11 is 1.33. The molecule has 2 amide bonds. The van der Waals surface area contributed by atoms with Crippen LogP contribution in [0.2, 0.25) is 0 Å². The molecule has 2 heterocycles. The van der Waals surface area contributed by atoms with Crippen molar-refractivity contribution in [1.29, 1.82) is 0 Å². The first-order valence-electron chi connectivity index (χ1n) is 9.54. The summed E-state index contributed by atoms with van der Waals surface area (Å²) < 4.78 is 15.3. The minimum Gasteiger partial charge on any atom is -0.497 e. The van der Waals surface area contributed by atoms with E-state index < -0.39 is 24.4 Å². The summed E-state index contributed by atoms with van der Waals surface area (Å²) in [6.07, 6.45) is 1.56. The van der Waals surface area contributed by atoms with Gasteiger partial charge in [0.15, 0.2) is 6.61 Å². The Balaban J connectivity index is 1.56. The van der Waals surface area contributed by atoms with Crippen molar-refractivity contribution in [2.24, 2.45) is 0 Å². The lowest BCUT2D eigenvalue weighted by atomic mass is 10.2. The number of benzene rings is 1. The molecule has 0 unspecified atom stereocenters. The number of aryl methyl sites for hydroxylation is 2. The maximum absolute atomic E-state index is 12.5. The Morgan fingerprint density at radius 1 is 1.12 bits per heavy atom. The summed E-state index contributed by atoms with van der Waals surface area (Å²) in [5, 5.41) is 6.54. The number of thioether (sulfide) groups is 1. The second kappa shape index (κ2) is 10.6. The second-order valence-corrected chi connectivity index (χ2v) is 7.59. The molecular formula is C22H21N3O6S. The number of ether oxygens (including phenoxy) is 2. The summed E-state index contributed by atoms with van der Waals surface area (Å²) in [5.74, 6) is -0.269. The number of carbonyl (C=O) groups is 3. The van der Waals surface area contributed by atoms with E-state index in [0.29, 0.717) is 22.3 Å². The molecule has 2 aromatic heterocycles. The SMILES string of the molecule is COc1ccc(C(=O)NC(=O)COC(=O)c2cccnc2SCc2c(C)noc2C)cc1. The van der Waals surface area contributed by atoms with Crippen LogP contribution in [0.25, 0.3) is 0 Å². The lowest BCUT2D eigenvalue weighted by Gasteiger charge is -2.09. The third-order valence-corrected chi connectivity index (χ3v) is 5.50. The van der Waals surface area contributed by atoms with Crippen molar-refractivity contribution in [3.8, 4) is 5.75 Å². The molecule has 1 aromatic carbocycles. The first-order valence-corrected chi connectivity index (χ1v) is 10.5. The predicted molar refractivity (Wildman–Crippen MR) is 116 cm³/mol. The molecule has 10 heteroatoms. The van der Waals surface area contributed by atoms with Gasteiger partial charge in [0, 0.05) is 23.1 Å². The molecule has 3 rings (SSSR count). The van der Waals surface area contributed by atoms with Crippen LogP contribution in [0.4, 0.5) is 0 Å². The van der Waals surface area contributed by atoms with E-state index >= 15 is 0 Å². The van der Waals surface area contributed by atoms with E-state index in [-0.39, 0.29) is 11.1 Å². The monoisotopic (exact) mass is 455 g/mol. The van der Waals surface area contributed by atoms with Crippen molar-refractivity contribution < 1.29 is 28.4 Å². The summed E-state index contributed by atoms with van der Waals surface area (Å²) in [6, 6.07) is 9.40. The van der Waals surface area contributed by atoms with Gasteiger partial charge in [0.05, 0.1) is 18.4 Å². The zero-order valence-electron chi connectivity index (χ0n) is 17.7. The first kappa shape index (κ1) is 23.0. The van der Waals surface area contributed by atoms with Gasteiger partial charge >= 0.3 is 5.97 Å². The number of aromatic nitrogens is 2. The summed E-state index contributed by atoms with van der Waals surface area (Å²) in [4.78, 5) is 40.9. The van der Waals surface area contributed by atoms with Crippen LogP contribution in [0.1, 0.15) is 37.7 Å². The minimum atomic E-state index is -0.743. The van der Waals surface area contributed by atoms with Gasteiger partial charge in [-0.25, -0.2) is 9.78 Å². The number of hydrogen-bond acceptors (Lipinski definition) is 9. The highest BCUT2D eigenvalue weighted by atomic mass is 32.2. The number of nitrogens with zero attached hydrogens (tertiary/aromatic N) is 2. The molecule has 0 saturated carbocycles. The molecule has 0 aliphatic carbocycles. The number of esters is 1. The van der Waals surface area contributed by atoms with Crippen molar-refractivity contribution in [3.63, 3.8) is 0 Å². The van der Waals surface area contributed by atoms with E-state index in [2.05, 4.69) is 15.5 Å². The lowest BCUT2D eigenvalue weighted by Crippen LogP contribution is -2.34. The van der Waals surface area contributed by atoms with Crippen LogP contribution in [-0.4, -0.2) is 41.6 Å². The number of rotatable bonds is 8. The maximum Gasteiger partial charge on any atom is 0.341 e. The molecule has 3 aromatic rings. The van der Waals surface area contributed by atoms with Crippen LogP contribution >= 0.6 is 11.8 Å². The lowest BCUT2D eigenvalue weighted by molar-refractivity contribution is -0.123. The molecule has 0 aliphatic rings. The minimum absolute atomic E-state index is 0.221. The summed E-state index contributed by atoms with van der Waals surface area (Å²) in [5.41, 5.74) is 2.19. The van der Waals surface area contributed by atoms with E-state index in [1.807, 2.05) is 13.8 Å². The van der Waals surface area contributed by atoms with Gasteiger partial charge in [-0.1, -0.05) is 5.16 Å². The van der Waals surface area contributed by atoms with Gasteiger partial charge in [-0.2, -0.15) is 0 Å². The van der Waals surface area contributed by atoms with Gasteiger partial charge in [-0.3, -0.25) is 14.9 Å².